The average molecular weight is 322 g/mol. The van der Waals surface area contributed by atoms with Crippen LogP contribution in [0.4, 0.5) is 5.13 Å². The number of carbonyl (C=O) groups excluding carboxylic acids is 1. The van der Waals surface area contributed by atoms with E-state index in [2.05, 4.69) is 26.0 Å². The van der Waals surface area contributed by atoms with E-state index in [9.17, 15) is 4.79 Å². The first-order valence-corrected chi connectivity index (χ1v) is 8.53. The van der Waals surface area contributed by atoms with Gasteiger partial charge in [-0.25, -0.2) is 4.98 Å². The number of nitrogens with one attached hydrogen (secondary N) is 1. The second-order valence-electron chi connectivity index (χ2n) is 3.99. The molecule has 102 valence electrons. The molecular weight excluding hydrogens is 312 g/mol. The first-order chi connectivity index (χ1) is 9.67. The van der Waals surface area contributed by atoms with E-state index in [4.69, 9.17) is 0 Å². The molecule has 0 radical (unpaired) electrons. The van der Waals surface area contributed by atoms with Crippen LogP contribution in [-0.2, 0) is 0 Å². The summed E-state index contributed by atoms with van der Waals surface area (Å²) < 4.78 is 4.82. The zero-order valence-electron chi connectivity index (χ0n) is 10.7. The third-order valence-corrected chi connectivity index (χ3v) is 5.16. The van der Waals surface area contributed by atoms with E-state index in [1.807, 2.05) is 18.4 Å². The number of nitrogens with zero attached hydrogens (tertiary/aromatic N) is 3. The normalized spacial score (nSPS) is 10.9. The van der Waals surface area contributed by atoms with E-state index < -0.39 is 0 Å². The van der Waals surface area contributed by atoms with Crippen molar-refractivity contribution < 1.29 is 4.79 Å². The van der Waals surface area contributed by atoms with Crippen LogP contribution in [0.5, 0.6) is 0 Å². The quantitative estimate of drug-likeness (QED) is 0.748. The highest BCUT2D eigenvalue weighted by molar-refractivity contribution is 7.98. The van der Waals surface area contributed by atoms with E-state index in [0.717, 1.165) is 21.7 Å². The fraction of sp³-hybridized carbons (Fsp3) is 0.167. The smallest absolute Gasteiger partial charge is 0.271 e. The van der Waals surface area contributed by atoms with Gasteiger partial charge in [-0.15, -0.1) is 16.9 Å². The number of thiazole rings is 1. The molecule has 5 nitrogen and oxygen atoms in total. The van der Waals surface area contributed by atoms with Crippen LogP contribution in [-0.4, -0.2) is 26.7 Å². The number of carbonyl (C=O) groups is 1. The SMILES string of the molecule is CSc1ccc2nc(NC(=O)c3snnc3C)sc2c1. The van der Waals surface area contributed by atoms with Crippen LogP contribution in [0.25, 0.3) is 10.2 Å². The van der Waals surface area contributed by atoms with Crippen molar-refractivity contribution in [3.63, 3.8) is 0 Å². The number of aryl methyl sites for hydroxylation is 1. The van der Waals surface area contributed by atoms with Crippen LogP contribution in [0.2, 0.25) is 0 Å². The van der Waals surface area contributed by atoms with E-state index in [-0.39, 0.29) is 5.91 Å². The van der Waals surface area contributed by atoms with Gasteiger partial charge in [0.15, 0.2) is 5.13 Å². The Morgan fingerprint density at radius 3 is 2.95 bits per heavy atom. The molecule has 0 unspecified atom stereocenters. The standard InChI is InChI=1S/C12H10N4OS3/c1-6-10(20-16-15-6)11(17)14-12-13-8-4-3-7(18-2)5-9(8)19-12/h3-5H,1-2H3,(H,13,14,17). The predicted octanol–water partition coefficient (Wildman–Crippen LogP) is 3.43. The topological polar surface area (TPSA) is 67.8 Å². The number of aromatic nitrogens is 3. The van der Waals surface area contributed by atoms with E-state index in [0.29, 0.717) is 15.7 Å². The molecule has 20 heavy (non-hydrogen) atoms. The highest BCUT2D eigenvalue weighted by Gasteiger charge is 2.15. The van der Waals surface area contributed by atoms with Gasteiger partial charge in [0.25, 0.3) is 5.91 Å². The average Bonchev–Trinajstić information content (AvgIpc) is 3.03. The van der Waals surface area contributed by atoms with Gasteiger partial charge in [-0.3, -0.25) is 10.1 Å². The molecule has 1 amide bonds. The monoisotopic (exact) mass is 322 g/mol. The van der Waals surface area contributed by atoms with Crippen LogP contribution >= 0.6 is 34.6 Å². The molecule has 0 fully saturated rings. The van der Waals surface area contributed by atoms with Crippen molar-refractivity contribution in [3.05, 3.63) is 28.8 Å². The molecule has 2 heterocycles. The maximum Gasteiger partial charge on any atom is 0.271 e. The van der Waals surface area contributed by atoms with Gasteiger partial charge >= 0.3 is 0 Å². The summed E-state index contributed by atoms with van der Waals surface area (Å²) in [6, 6.07) is 6.06. The molecule has 8 heteroatoms. The van der Waals surface area contributed by atoms with Crippen molar-refractivity contribution in [1.82, 2.24) is 14.6 Å². The number of hydrogen-bond donors (Lipinski definition) is 1. The third kappa shape index (κ3) is 2.54. The third-order valence-electron chi connectivity index (χ3n) is 2.67. The molecule has 2 aromatic heterocycles. The van der Waals surface area contributed by atoms with Gasteiger partial charge in [0.05, 0.1) is 15.9 Å². The minimum Gasteiger partial charge on any atom is -0.297 e. The van der Waals surface area contributed by atoms with Crippen molar-refractivity contribution in [2.24, 2.45) is 0 Å². The molecule has 0 saturated carbocycles. The maximum absolute atomic E-state index is 12.1. The minimum absolute atomic E-state index is 0.207. The zero-order valence-corrected chi connectivity index (χ0v) is 13.2. The molecule has 1 aromatic carbocycles. The van der Waals surface area contributed by atoms with Crippen molar-refractivity contribution in [2.75, 3.05) is 11.6 Å². The minimum atomic E-state index is -0.207. The van der Waals surface area contributed by atoms with Crippen molar-refractivity contribution in [3.8, 4) is 0 Å². The van der Waals surface area contributed by atoms with Gasteiger partial charge in [0.2, 0.25) is 0 Å². The molecule has 0 atom stereocenters. The largest absolute Gasteiger partial charge is 0.297 e. The first kappa shape index (κ1) is 13.5. The first-order valence-electron chi connectivity index (χ1n) is 5.72. The van der Waals surface area contributed by atoms with E-state index in [1.54, 1.807) is 18.7 Å². The Balaban J connectivity index is 1.88. The highest BCUT2D eigenvalue weighted by Crippen LogP contribution is 2.29. The Bertz CT molecular complexity index is 780. The van der Waals surface area contributed by atoms with Gasteiger partial charge in [0, 0.05) is 4.90 Å². The fourth-order valence-corrected chi connectivity index (χ4v) is 3.65. The van der Waals surface area contributed by atoms with Crippen molar-refractivity contribution in [2.45, 2.75) is 11.8 Å². The summed E-state index contributed by atoms with van der Waals surface area (Å²) in [7, 11) is 0. The second kappa shape index (κ2) is 5.47. The Labute approximate surface area is 127 Å². The lowest BCUT2D eigenvalue weighted by Crippen LogP contribution is -2.11. The van der Waals surface area contributed by atoms with Gasteiger partial charge < -0.3 is 0 Å². The molecule has 3 rings (SSSR count). The van der Waals surface area contributed by atoms with Crippen LogP contribution in [0.3, 0.4) is 0 Å². The molecule has 0 spiro atoms. The summed E-state index contributed by atoms with van der Waals surface area (Å²) in [6.45, 7) is 1.77. The Morgan fingerprint density at radius 1 is 1.40 bits per heavy atom. The summed E-state index contributed by atoms with van der Waals surface area (Å²) in [5.41, 5.74) is 1.53. The molecular formula is C12H10N4OS3. The zero-order chi connectivity index (χ0) is 14.1. The fourth-order valence-electron chi connectivity index (χ4n) is 1.68. The molecule has 0 bridgehead atoms. The Kier molecular flexibility index (Phi) is 3.68. The molecule has 0 aliphatic heterocycles. The number of thioether (sulfide) groups is 1. The van der Waals surface area contributed by atoms with Crippen LogP contribution in [0, 0.1) is 6.92 Å². The van der Waals surface area contributed by atoms with Gasteiger partial charge in [0.1, 0.15) is 4.88 Å². The van der Waals surface area contributed by atoms with E-state index >= 15 is 0 Å². The van der Waals surface area contributed by atoms with Crippen molar-refractivity contribution in [1.29, 1.82) is 0 Å². The lowest BCUT2D eigenvalue weighted by Gasteiger charge is -1.97. The van der Waals surface area contributed by atoms with Gasteiger partial charge in [-0.1, -0.05) is 15.8 Å². The second-order valence-corrected chi connectivity index (χ2v) is 6.66. The lowest BCUT2D eigenvalue weighted by atomic mass is 10.3. The number of fused-ring (bicyclic) bond motifs is 1. The molecule has 3 aromatic rings. The Hall–Kier alpha value is -1.51. The van der Waals surface area contributed by atoms with Gasteiger partial charge in [-0.05, 0) is 42.9 Å². The molecule has 0 aliphatic rings. The van der Waals surface area contributed by atoms with Gasteiger partial charge in [-0.2, -0.15) is 0 Å². The maximum atomic E-state index is 12.1. The van der Waals surface area contributed by atoms with Crippen LogP contribution in [0.1, 0.15) is 15.4 Å². The van der Waals surface area contributed by atoms with Crippen LogP contribution in [0.15, 0.2) is 23.1 Å². The number of benzene rings is 1. The number of anilines is 1. The summed E-state index contributed by atoms with van der Waals surface area (Å²) in [4.78, 5) is 18.2. The molecule has 0 aliphatic carbocycles. The van der Waals surface area contributed by atoms with Crippen molar-refractivity contribution >= 4 is 55.9 Å². The summed E-state index contributed by atoms with van der Waals surface area (Å²) >= 11 is 4.24. The van der Waals surface area contributed by atoms with Crippen LogP contribution < -0.4 is 5.32 Å². The molecule has 0 saturated heterocycles. The Morgan fingerprint density at radius 2 is 2.25 bits per heavy atom. The summed E-state index contributed by atoms with van der Waals surface area (Å²) in [5.74, 6) is -0.207. The highest BCUT2D eigenvalue weighted by atomic mass is 32.2. The molecule has 1 N–H and O–H groups in total. The number of amides is 1. The summed E-state index contributed by atoms with van der Waals surface area (Å²) in [5, 5.41) is 7.23. The number of rotatable bonds is 3. The predicted molar refractivity (Wildman–Crippen MR) is 84.0 cm³/mol. The number of hydrogen-bond acceptors (Lipinski definition) is 7. The van der Waals surface area contributed by atoms with E-state index in [1.165, 1.54) is 16.2 Å². The summed E-state index contributed by atoms with van der Waals surface area (Å²) in [6.07, 6.45) is 2.03. The lowest BCUT2D eigenvalue weighted by molar-refractivity contribution is 0.103.